The summed E-state index contributed by atoms with van der Waals surface area (Å²) in [6, 6.07) is 12.5. The van der Waals surface area contributed by atoms with Crippen molar-refractivity contribution in [3.8, 4) is 0 Å². The van der Waals surface area contributed by atoms with Crippen LogP contribution in [0.4, 0.5) is 0 Å². The second-order valence-electron chi connectivity index (χ2n) is 7.98. The highest BCUT2D eigenvalue weighted by molar-refractivity contribution is 7.91. The van der Waals surface area contributed by atoms with Crippen LogP contribution in [0.25, 0.3) is 0 Å². The van der Waals surface area contributed by atoms with Gasteiger partial charge in [-0.05, 0) is 43.2 Å². The fourth-order valence-corrected chi connectivity index (χ4v) is 7.05. The van der Waals surface area contributed by atoms with E-state index in [1.165, 1.54) is 15.6 Å². The highest BCUT2D eigenvalue weighted by atomic mass is 32.2. The van der Waals surface area contributed by atoms with Crippen molar-refractivity contribution in [1.29, 1.82) is 0 Å². The molecule has 1 atom stereocenters. The summed E-state index contributed by atoms with van der Waals surface area (Å²) in [7, 11) is -3.56. The van der Waals surface area contributed by atoms with E-state index in [-0.39, 0.29) is 32.1 Å². The van der Waals surface area contributed by atoms with Gasteiger partial charge in [0.2, 0.25) is 5.91 Å². The molecule has 8 nitrogen and oxygen atoms in total. The van der Waals surface area contributed by atoms with Gasteiger partial charge in [0.25, 0.3) is 10.0 Å². The molecule has 2 aromatic rings. The molecule has 0 saturated carbocycles. The largest absolute Gasteiger partial charge is 0.465 e. The summed E-state index contributed by atoms with van der Waals surface area (Å²) in [6.45, 7) is 2.34. The number of hydrogen-bond acceptors (Lipinski definition) is 7. The molecular weight excluding hydrogens is 450 g/mol. The van der Waals surface area contributed by atoms with Crippen molar-refractivity contribution in [2.24, 2.45) is 0 Å². The Kier molecular flexibility index (Phi) is 6.66. The summed E-state index contributed by atoms with van der Waals surface area (Å²) in [6.07, 6.45) is 1.29. The van der Waals surface area contributed by atoms with E-state index in [4.69, 9.17) is 4.74 Å². The Bertz CT molecular complexity index is 1050. The highest BCUT2D eigenvalue weighted by Gasteiger charge is 2.53. The maximum Gasteiger partial charge on any atom is 0.325 e. The van der Waals surface area contributed by atoms with Crippen LogP contribution in [0, 0.1) is 0 Å². The monoisotopic (exact) mass is 477 g/mol. The zero-order valence-electron chi connectivity index (χ0n) is 17.9. The third kappa shape index (κ3) is 4.45. The number of benzene rings is 1. The maximum atomic E-state index is 13.3. The van der Waals surface area contributed by atoms with Gasteiger partial charge < -0.3 is 9.64 Å². The summed E-state index contributed by atoms with van der Waals surface area (Å²) >= 11 is 1.19. The third-order valence-corrected chi connectivity index (χ3v) is 9.31. The van der Waals surface area contributed by atoms with Crippen LogP contribution >= 0.6 is 11.3 Å². The van der Waals surface area contributed by atoms with Crippen LogP contribution in [0.15, 0.2) is 52.1 Å². The number of rotatable bonds is 7. The topological polar surface area (TPSA) is 96.0 Å². The van der Waals surface area contributed by atoms with Gasteiger partial charge in [-0.3, -0.25) is 14.9 Å². The van der Waals surface area contributed by atoms with Crippen molar-refractivity contribution in [2.75, 3.05) is 26.2 Å². The summed E-state index contributed by atoms with van der Waals surface area (Å²) in [5.41, 5.74) is 0.245. The Labute approximate surface area is 192 Å². The number of ether oxygens (including phenoxy) is 1. The Balaban J connectivity index is 1.54. The standard InChI is InChI=1S/C22H27N3O5S2/c1-2-30-19(26)16-25-21(27)18(15-17-7-4-3-5-8-17)23-22(25)10-12-24(13-11-22)32(28,29)20-9-6-14-31-20/h3-9,14,18,23H,2,10-13,15-16H2,1H3. The predicted octanol–water partition coefficient (Wildman–Crippen LogP) is 1.84. The molecule has 172 valence electrons. The number of nitrogens with zero attached hydrogens (tertiary/aromatic N) is 2. The molecule has 0 radical (unpaired) electrons. The third-order valence-electron chi connectivity index (χ3n) is 6.04. The van der Waals surface area contributed by atoms with E-state index in [1.54, 1.807) is 29.3 Å². The summed E-state index contributed by atoms with van der Waals surface area (Å²) in [4.78, 5) is 27.1. The van der Waals surface area contributed by atoms with Gasteiger partial charge in [-0.15, -0.1) is 11.3 Å². The van der Waals surface area contributed by atoms with Crippen LogP contribution in [0.5, 0.6) is 0 Å². The molecule has 3 heterocycles. The molecule has 1 aromatic heterocycles. The minimum absolute atomic E-state index is 0.150. The number of sulfonamides is 1. The zero-order chi connectivity index (χ0) is 22.8. The van der Waals surface area contributed by atoms with Gasteiger partial charge in [0.05, 0.1) is 18.3 Å². The van der Waals surface area contributed by atoms with E-state index in [1.807, 2.05) is 30.3 Å². The molecule has 0 aliphatic carbocycles. The molecule has 1 aromatic carbocycles. The minimum Gasteiger partial charge on any atom is -0.465 e. The van der Waals surface area contributed by atoms with E-state index in [9.17, 15) is 18.0 Å². The number of nitrogens with one attached hydrogen (secondary N) is 1. The van der Waals surface area contributed by atoms with Crippen LogP contribution < -0.4 is 5.32 Å². The lowest BCUT2D eigenvalue weighted by Crippen LogP contribution is -2.60. The molecular formula is C22H27N3O5S2. The van der Waals surface area contributed by atoms with Crippen molar-refractivity contribution in [3.05, 3.63) is 53.4 Å². The first-order valence-corrected chi connectivity index (χ1v) is 13.0. The van der Waals surface area contributed by atoms with Crippen LogP contribution in [0.2, 0.25) is 0 Å². The average molecular weight is 478 g/mol. The lowest BCUT2D eigenvalue weighted by Gasteiger charge is -2.43. The Morgan fingerprint density at radius 3 is 2.53 bits per heavy atom. The zero-order valence-corrected chi connectivity index (χ0v) is 19.5. The second-order valence-corrected chi connectivity index (χ2v) is 11.1. The molecule has 10 heteroatoms. The summed E-state index contributed by atoms with van der Waals surface area (Å²) in [5, 5.41) is 5.20. The van der Waals surface area contributed by atoms with E-state index in [2.05, 4.69) is 5.32 Å². The number of carbonyl (C=O) groups excluding carboxylic acids is 2. The first-order chi connectivity index (χ1) is 15.4. The van der Waals surface area contributed by atoms with E-state index < -0.39 is 27.7 Å². The summed E-state index contributed by atoms with van der Waals surface area (Å²) in [5.74, 6) is -0.618. The second kappa shape index (κ2) is 9.30. The minimum atomic E-state index is -3.56. The Morgan fingerprint density at radius 2 is 1.91 bits per heavy atom. The van der Waals surface area contributed by atoms with Crippen molar-refractivity contribution in [3.63, 3.8) is 0 Å². The molecule has 2 aliphatic rings. The lowest BCUT2D eigenvalue weighted by atomic mass is 9.97. The normalized spacial score (nSPS) is 21.2. The van der Waals surface area contributed by atoms with E-state index >= 15 is 0 Å². The lowest BCUT2D eigenvalue weighted by molar-refractivity contribution is -0.151. The summed E-state index contributed by atoms with van der Waals surface area (Å²) < 4.78 is 32.7. The molecule has 1 spiro atoms. The number of piperidine rings is 1. The molecule has 2 aliphatic heterocycles. The van der Waals surface area contributed by atoms with Crippen LogP contribution in [0.1, 0.15) is 25.3 Å². The van der Waals surface area contributed by atoms with Gasteiger partial charge in [-0.25, -0.2) is 8.42 Å². The molecule has 2 saturated heterocycles. The van der Waals surface area contributed by atoms with Crippen LogP contribution in [-0.4, -0.2) is 67.4 Å². The molecule has 1 unspecified atom stereocenters. The van der Waals surface area contributed by atoms with Gasteiger partial charge in [-0.1, -0.05) is 36.4 Å². The molecule has 4 rings (SSSR count). The fraction of sp³-hybridized carbons (Fsp3) is 0.455. The number of carbonyl (C=O) groups is 2. The first-order valence-electron chi connectivity index (χ1n) is 10.7. The molecule has 2 fully saturated rings. The average Bonchev–Trinajstić information content (AvgIpc) is 3.40. The SMILES string of the molecule is CCOC(=O)CN1C(=O)C(Cc2ccccc2)NC12CCN(S(=O)(=O)c1cccs1)CC2. The molecule has 1 amide bonds. The van der Waals surface area contributed by atoms with Crippen LogP contribution in [0.3, 0.4) is 0 Å². The number of amides is 1. The van der Waals surface area contributed by atoms with Crippen molar-refractivity contribution in [1.82, 2.24) is 14.5 Å². The van der Waals surface area contributed by atoms with Gasteiger partial charge in [0.1, 0.15) is 10.8 Å². The van der Waals surface area contributed by atoms with Gasteiger partial charge in [-0.2, -0.15) is 4.31 Å². The highest BCUT2D eigenvalue weighted by Crippen LogP contribution is 2.35. The van der Waals surface area contributed by atoms with Gasteiger partial charge in [0, 0.05) is 13.1 Å². The van der Waals surface area contributed by atoms with Gasteiger partial charge in [0.15, 0.2) is 0 Å². The number of esters is 1. The van der Waals surface area contributed by atoms with Crippen molar-refractivity contribution < 1.29 is 22.7 Å². The Hall–Kier alpha value is -2.27. The van der Waals surface area contributed by atoms with Crippen LogP contribution in [-0.2, 0) is 30.8 Å². The maximum absolute atomic E-state index is 13.3. The molecule has 32 heavy (non-hydrogen) atoms. The fourth-order valence-electron chi connectivity index (χ4n) is 4.46. The molecule has 1 N–H and O–H groups in total. The van der Waals surface area contributed by atoms with Gasteiger partial charge >= 0.3 is 5.97 Å². The molecule has 0 bridgehead atoms. The predicted molar refractivity (Wildman–Crippen MR) is 120 cm³/mol. The van der Waals surface area contributed by atoms with Crippen molar-refractivity contribution in [2.45, 2.75) is 42.1 Å². The number of hydrogen-bond donors (Lipinski definition) is 1. The quantitative estimate of drug-likeness (QED) is 0.612. The van der Waals surface area contributed by atoms with E-state index in [0.29, 0.717) is 23.5 Å². The first kappa shape index (κ1) is 22.9. The number of thiophene rings is 1. The van der Waals surface area contributed by atoms with Crippen molar-refractivity contribution >= 4 is 33.2 Å². The van der Waals surface area contributed by atoms with E-state index in [0.717, 1.165) is 5.56 Å². The Morgan fingerprint density at radius 1 is 1.19 bits per heavy atom. The smallest absolute Gasteiger partial charge is 0.325 e.